The van der Waals surface area contributed by atoms with Crippen molar-refractivity contribution in [3.63, 3.8) is 0 Å². The highest BCUT2D eigenvalue weighted by atomic mass is 16.5. The van der Waals surface area contributed by atoms with Gasteiger partial charge >= 0.3 is 0 Å². The van der Waals surface area contributed by atoms with E-state index in [0.717, 1.165) is 0 Å². The molecule has 0 N–H and O–H groups in total. The van der Waals surface area contributed by atoms with E-state index in [4.69, 9.17) is 14.2 Å². The van der Waals surface area contributed by atoms with Crippen LogP contribution in [0.2, 0.25) is 0 Å². The van der Waals surface area contributed by atoms with Gasteiger partial charge in [0.25, 0.3) is 0 Å². The third-order valence-electron chi connectivity index (χ3n) is 5.42. The largest absolute Gasteiger partial charge is 0.378 e. The van der Waals surface area contributed by atoms with Gasteiger partial charge in [-0.3, -0.25) is 0 Å². The summed E-state index contributed by atoms with van der Waals surface area (Å²) in [5.74, 6) is 0. The van der Waals surface area contributed by atoms with E-state index in [1.807, 2.05) is 0 Å². The Balaban J connectivity index is 6.85. The van der Waals surface area contributed by atoms with Gasteiger partial charge in [0, 0.05) is 14.2 Å². The van der Waals surface area contributed by atoms with Crippen LogP contribution in [0.1, 0.15) is 83.1 Å². The van der Waals surface area contributed by atoms with Gasteiger partial charge in [-0.25, -0.2) is 0 Å². The van der Waals surface area contributed by atoms with Gasteiger partial charge in [-0.15, -0.1) is 0 Å². The summed E-state index contributed by atoms with van der Waals surface area (Å²) in [4.78, 5) is 0. The van der Waals surface area contributed by atoms with Crippen LogP contribution in [0, 0.1) is 10.8 Å². The lowest BCUT2D eigenvalue weighted by molar-refractivity contribution is -0.329. The quantitative estimate of drug-likeness (QED) is 0.647. The molecule has 0 saturated heterocycles. The van der Waals surface area contributed by atoms with Crippen molar-refractivity contribution < 1.29 is 14.2 Å². The van der Waals surface area contributed by atoms with Crippen molar-refractivity contribution in [3.8, 4) is 0 Å². The van der Waals surface area contributed by atoms with Crippen LogP contribution >= 0.6 is 0 Å². The van der Waals surface area contributed by atoms with E-state index in [-0.39, 0.29) is 11.0 Å². The Morgan fingerprint density at radius 2 is 0.783 bits per heavy atom. The first-order chi connectivity index (χ1) is 9.83. The molecule has 0 aliphatic rings. The lowest BCUT2D eigenvalue weighted by Crippen LogP contribution is -2.74. The second kappa shape index (κ2) is 6.31. The molecule has 23 heavy (non-hydrogen) atoms. The minimum Gasteiger partial charge on any atom is -0.378 e. The van der Waals surface area contributed by atoms with Crippen LogP contribution in [-0.4, -0.2) is 36.6 Å². The third-order valence-corrected chi connectivity index (χ3v) is 5.42. The van der Waals surface area contributed by atoms with Crippen molar-refractivity contribution in [2.24, 2.45) is 10.8 Å². The lowest BCUT2D eigenvalue weighted by atomic mass is 9.45. The highest BCUT2D eigenvalue weighted by molar-refractivity contribution is 5.18. The molecular weight excluding hydrogens is 288 g/mol. The maximum atomic E-state index is 6.63. The molecule has 0 aromatic heterocycles. The summed E-state index contributed by atoms with van der Waals surface area (Å²) in [5.41, 5.74) is -2.28. The molecule has 0 atom stereocenters. The average Bonchev–Trinajstić information content (AvgIpc) is 2.22. The van der Waals surface area contributed by atoms with Gasteiger partial charge in [0.2, 0.25) is 0 Å². The standard InChI is InChI=1S/C20H42O3/c1-15(2,3)20(17(7,8)21-13,18(9,10)22-14)19(11,12)23-16(4,5)6/h1-14H3. The van der Waals surface area contributed by atoms with Crippen LogP contribution in [0.15, 0.2) is 0 Å². The summed E-state index contributed by atoms with van der Waals surface area (Å²) in [7, 11) is 3.55. The molecule has 0 unspecified atom stereocenters. The fourth-order valence-electron chi connectivity index (χ4n) is 6.03. The summed E-state index contributed by atoms with van der Waals surface area (Å²) in [5, 5.41) is 0. The van der Waals surface area contributed by atoms with Gasteiger partial charge < -0.3 is 14.2 Å². The maximum Gasteiger partial charge on any atom is 0.0749 e. The van der Waals surface area contributed by atoms with Crippen molar-refractivity contribution in [2.75, 3.05) is 14.2 Å². The molecule has 0 aliphatic carbocycles. The van der Waals surface area contributed by atoms with Crippen LogP contribution in [0.5, 0.6) is 0 Å². The molecule has 0 radical (unpaired) electrons. The zero-order valence-electron chi connectivity index (χ0n) is 18.2. The normalized spacial score (nSPS) is 15.9. The van der Waals surface area contributed by atoms with Gasteiger partial charge in [-0.05, 0) is 67.7 Å². The predicted octanol–water partition coefficient (Wildman–Crippen LogP) is 5.46. The zero-order chi connectivity index (χ0) is 19.1. The Kier molecular flexibility index (Phi) is 6.28. The van der Waals surface area contributed by atoms with Crippen molar-refractivity contribution in [1.29, 1.82) is 0 Å². The monoisotopic (exact) mass is 330 g/mol. The van der Waals surface area contributed by atoms with E-state index < -0.39 is 22.2 Å². The molecule has 0 aliphatic heterocycles. The summed E-state index contributed by atoms with van der Waals surface area (Å²) in [6.07, 6.45) is 0. The zero-order valence-corrected chi connectivity index (χ0v) is 18.2. The van der Waals surface area contributed by atoms with Crippen LogP contribution < -0.4 is 0 Å². The molecule has 3 heteroatoms. The minimum absolute atomic E-state index is 0.138. The topological polar surface area (TPSA) is 27.7 Å². The second-order valence-electron chi connectivity index (χ2n) is 10.2. The molecule has 0 rings (SSSR count). The van der Waals surface area contributed by atoms with Gasteiger partial charge in [-0.1, -0.05) is 20.8 Å². The molecule has 0 fully saturated rings. The van der Waals surface area contributed by atoms with Crippen molar-refractivity contribution in [3.05, 3.63) is 0 Å². The first kappa shape index (κ1) is 22.9. The molecule has 0 bridgehead atoms. The second-order valence-corrected chi connectivity index (χ2v) is 10.2. The summed E-state index contributed by atoms with van der Waals surface area (Å²) >= 11 is 0. The number of hydrogen-bond acceptors (Lipinski definition) is 3. The summed E-state index contributed by atoms with van der Waals surface area (Å²) in [6, 6.07) is 0. The van der Waals surface area contributed by atoms with Gasteiger partial charge in [0.1, 0.15) is 0 Å². The van der Waals surface area contributed by atoms with E-state index in [2.05, 4.69) is 83.1 Å². The number of methoxy groups -OCH3 is 2. The molecule has 140 valence electrons. The minimum atomic E-state index is -0.498. The molecule has 3 nitrogen and oxygen atoms in total. The van der Waals surface area contributed by atoms with E-state index in [1.54, 1.807) is 14.2 Å². The fraction of sp³-hybridized carbons (Fsp3) is 1.00. The summed E-state index contributed by atoms with van der Waals surface area (Å²) < 4.78 is 18.8. The number of hydrogen-bond donors (Lipinski definition) is 0. The third kappa shape index (κ3) is 3.77. The molecule has 0 aromatic rings. The Morgan fingerprint density at radius 3 is 0.957 bits per heavy atom. The van der Waals surface area contributed by atoms with E-state index in [9.17, 15) is 0 Å². The van der Waals surface area contributed by atoms with E-state index in [0.29, 0.717) is 0 Å². The summed E-state index contributed by atoms with van der Waals surface area (Å²) in [6.45, 7) is 26.0. The van der Waals surface area contributed by atoms with E-state index >= 15 is 0 Å². The van der Waals surface area contributed by atoms with Crippen LogP contribution in [0.25, 0.3) is 0 Å². The Hall–Kier alpha value is -0.120. The van der Waals surface area contributed by atoms with Crippen molar-refractivity contribution in [2.45, 2.75) is 105 Å². The first-order valence-corrected chi connectivity index (χ1v) is 8.63. The maximum absolute atomic E-state index is 6.63. The molecule has 0 amide bonds. The molecule has 0 saturated carbocycles. The van der Waals surface area contributed by atoms with Gasteiger partial charge in [0.15, 0.2) is 0 Å². The van der Waals surface area contributed by atoms with Gasteiger partial charge in [0.05, 0.1) is 27.8 Å². The van der Waals surface area contributed by atoms with Crippen LogP contribution in [-0.2, 0) is 14.2 Å². The predicted molar refractivity (Wildman–Crippen MR) is 99.0 cm³/mol. The SMILES string of the molecule is COC(C)(C)C(C(C)(C)C)(C(C)(C)OC)C(C)(C)OC(C)(C)C. The average molecular weight is 331 g/mol. The molecular formula is C20H42O3. The molecule has 0 spiro atoms. The highest BCUT2D eigenvalue weighted by Crippen LogP contribution is 2.63. The van der Waals surface area contributed by atoms with Crippen molar-refractivity contribution in [1.82, 2.24) is 0 Å². The van der Waals surface area contributed by atoms with Crippen molar-refractivity contribution >= 4 is 0 Å². The lowest BCUT2D eigenvalue weighted by Gasteiger charge is -2.67. The fourth-order valence-corrected chi connectivity index (χ4v) is 6.03. The Bertz CT molecular complexity index is 376. The van der Waals surface area contributed by atoms with Crippen LogP contribution in [0.3, 0.4) is 0 Å². The van der Waals surface area contributed by atoms with E-state index in [1.165, 1.54) is 0 Å². The van der Waals surface area contributed by atoms with Crippen LogP contribution in [0.4, 0.5) is 0 Å². The Labute approximate surface area is 145 Å². The first-order valence-electron chi connectivity index (χ1n) is 8.63. The Morgan fingerprint density at radius 1 is 0.478 bits per heavy atom. The molecule has 0 heterocycles. The number of rotatable bonds is 6. The number of ether oxygens (including phenoxy) is 3. The molecule has 0 aromatic carbocycles. The highest BCUT2D eigenvalue weighted by Gasteiger charge is 2.70. The smallest absolute Gasteiger partial charge is 0.0749 e. The van der Waals surface area contributed by atoms with Gasteiger partial charge in [-0.2, -0.15) is 0 Å².